The summed E-state index contributed by atoms with van der Waals surface area (Å²) in [4.78, 5) is 33.1. The Morgan fingerprint density at radius 3 is 2.90 bits per heavy atom. The molecule has 2 atom stereocenters. The van der Waals surface area contributed by atoms with Gasteiger partial charge >= 0.3 is 0 Å². The van der Waals surface area contributed by atoms with E-state index in [1.54, 1.807) is 16.2 Å². The van der Waals surface area contributed by atoms with Gasteiger partial charge in [0.15, 0.2) is 11.6 Å². The number of aromatic nitrogens is 1. The summed E-state index contributed by atoms with van der Waals surface area (Å²) < 4.78 is 1.19. The van der Waals surface area contributed by atoms with Gasteiger partial charge in [-0.2, -0.15) is 0 Å². The van der Waals surface area contributed by atoms with Crippen molar-refractivity contribution in [3.8, 4) is 0 Å². The van der Waals surface area contributed by atoms with E-state index in [-0.39, 0.29) is 24.4 Å². The first kappa shape index (κ1) is 18.3. The van der Waals surface area contributed by atoms with Gasteiger partial charge in [0.25, 0.3) is 5.91 Å². The van der Waals surface area contributed by atoms with Crippen molar-refractivity contribution in [2.75, 3.05) is 29.9 Å². The zero-order valence-electron chi connectivity index (χ0n) is 16.1. The summed E-state index contributed by atoms with van der Waals surface area (Å²) in [5.41, 5.74) is 2.52. The zero-order chi connectivity index (χ0) is 19.8. The van der Waals surface area contributed by atoms with Crippen LogP contribution in [0.1, 0.15) is 30.3 Å². The number of anilines is 2. The van der Waals surface area contributed by atoms with Crippen molar-refractivity contribution in [1.29, 1.82) is 0 Å². The number of carbonyl (C=O) groups excluding carboxylic acids is 2. The highest BCUT2D eigenvalue weighted by molar-refractivity contribution is 7.18. The number of rotatable bonds is 3. The third-order valence-electron chi connectivity index (χ3n) is 5.79. The molecule has 0 saturated carbocycles. The first-order chi connectivity index (χ1) is 14.2. The van der Waals surface area contributed by atoms with Gasteiger partial charge in [0.1, 0.15) is 12.6 Å². The van der Waals surface area contributed by atoms with Gasteiger partial charge in [0.05, 0.1) is 28.1 Å². The van der Waals surface area contributed by atoms with Crippen LogP contribution < -0.4 is 15.1 Å². The van der Waals surface area contributed by atoms with E-state index < -0.39 is 0 Å². The number of hydrogen-bond acceptors (Lipinski definition) is 4. The third-order valence-corrected chi connectivity index (χ3v) is 6.94. The Balaban J connectivity index is 1.39. The van der Waals surface area contributed by atoms with Gasteiger partial charge in [-0.1, -0.05) is 24.3 Å². The minimum Gasteiger partial charge on any atom is -0.323 e. The van der Waals surface area contributed by atoms with Crippen molar-refractivity contribution in [2.24, 2.45) is 0 Å². The van der Waals surface area contributed by atoms with Gasteiger partial charge in [-0.15, -0.1) is 11.3 Å². The molecule has 0 spiro atoms. The number of carbonyl (C=O) groups is 2. The molecule has 0 radical (unpaired) electrons. The Bertz CT molecular complexity index is 1050. The largest absolute Gasteiger partial charge is 0.323 e. The number of piperidine rings is 1. The molecule has 29 heavy (non-hydrogen) atoms. The summed E-state index contributed by atoms with van der Waals surface area (Å²) in [5, 5.41) is 3.97. The van der Waals surface area contributed by atoms with E-state index in [2.05, 4.69) is 11.4 Å². The fourth-order valence-corrected chi connectivity index (χ4v) is 5.53. The molecule has 2 aliphatic heterocycles. The quantitative estimate of drug-likeness (QED) is 0.701. The number of nitrogens with one attached hydrogen (secondary N) is 2. The summed E-state index contributed by atoms with van der Waals surface area (Å²) in [6.07, 6.45) is 3.31. The lowest BCUT2D eigenvalue weighted by molar-refractivity contribution is -0.929. The second kappa shape index (κ2) is 7.57. The topological polar surface area (TPSA) is 66.7 Å². The third kappa shape index (κ3) is 3.52. The number of hydrogen-bond donors (Lipinski definition) is 2. The maximum absolute atomic E-state index is 13.2. The van der Waals surface area contributed by atoms with Crippen LogP contribution in [0.2, 0.25) is 0 Å². The Morgan fingerprint density at radius 1 is 1.17 bits per heavy atom. The van der Waals surface area contributed by atoms with Crippen LogP contribution in [-0.4, -0.2) is 36.4 Å². The number of nitrogens with zero attached hydrogens (tertiary/aromatic N) is 2. The van der Waals surface area contributed by atoms with Crippen LogP contribution in [0.3, 0.4) is 0 Å². The van der Waals surface area contributed by atoms with Gasteiger partial charge in [-0.3, -0.25) is 14.5 Å². The van der Waals surface area contributed by atoms with Crippen molar-refractivity contribution in [3.05, 3.63) is 53.5 Å². The molecule has 1 aromatic heterocycles. The lowest BCUT2D eigenvalue weighted by Gasteiger charge is -2.34. The molecule has 3 heterocycles. The Morgan fingerprint density at radius 2 is 2.00 bits per heavy atom. The molecule has 1 unspecified atom stereocenters. The number of benzene rings is 2. The van der Waals surface area contributed by atoms with Gasteiger partial charge in [0.2, 0.25) is 5.91 Å². The van der Waals surface area contributed by atoms with E-state index in [9.17, 15) is 9.59 Å². The van der Waals surface area contributed by atoms with Crippen LogP contribution in [0, 0.1) is 0 Å². The lowest BCUT2D eigenvalue weighted by atomic mass is 10.0. The monoisotopic (exact) mass is 407 g/mol. The van der Waals surface area contributed by atoms with E-state index in [1.807, 2.05) is 42.5 Å². The lowest BCUT2D eigenvalue weighted by Crippen LogP contribution is -3.14. The van der Waals surface area contributed by atoms with Crippen molar-refractivity contribution in [2.45, 2.75) is 25.3 Å². The maximum Gasteiger partial charge on any atom is 0.282 e. The van der Waals surface area contributed by atoms with Crippen LogP contribution in [-0.2, 0) is 9.59 Å². The number of thiazole rings is 1. The zero-order valence-corrected chi connectivity index (χ0v) is 16.9. The molecule has 5 rings (SSSR count). The molecule has 7 heteroatoms. The summed E-state index contributed by atoms with van der Waals surface area (Å²) >= 11 is 1.74. The van der Waals surface area contributed by atoms with Gasteiger partial charge in [-0.25, -0.2) is 4.98 Å². The second-order valence-corrected chi connectivity index (χ2v) is 8.76. The number of quaternary nitrogens is 1. The van der Waals surface area contributed by atoms with E-state index in [0.717, 1.165) is 42.0 Å². The molecule has 2 aromatic carbocycles. The van der Waals surface area contributed by atoms with Crippen LogP contribution in [0.5, 0.6) is 0 Å². The smallest absolute Gasteiger partial charge is 0.282 e. The molecule has 3 aromatic rings. The number of amides is 2. The molecular weight excluding hydrogens is 384 g/mol. The molecule has 0 aliphatic carbocycles. The van der Waals surface area contributed by atoms with Crippen molar-refractivity contribution in [3.63, 3.8) is 0 Å². The summed E-state index contributed by atoms with van der Waals surface area (Å²) in [7, 11) is 0. The van der Waals surface area contributed by atoms with Gasteiger partial charge < -0.3 is 10.2 Å². The van der Waals surface area contributed by atoms with Crippen molar-refractivity contribution < 1.29 is 14.5 Å². The second-order valence-electron chi connectivity index (χ2n) is 7.70. The predicted molar refractivity (Wildman–Crippen MR) is 114 cm³/mol. The van der Waals surface area contributed by atoms with Crippen LogP contribution in [0.4, 0.5) is 11.4 Å². The minimum absolute atomic E-state index is 0.00434. The Labute approximate surface area is 173 Å². The first-order valence-corrected chi connectivity index (χ1v) is 10.9. The van der Waals surface area contributed by atoms with Gasteiger partial charge in [-0.05, 0) is 37.1 Å². The molecule has 2 N–H and O–H groups in total. The average Bonchev–Trinajstić information content (AvgIpc) is 3.17. The Kier molecular flexibility index (Phi) is 4.77. The fraction of sp³-hybridized carbons (Fsp3) is 0.318. The van der Waals surface area contributed by atoms with E-state index in [0.29, 0.717) is 12.2 Å². The highest BCUT2D eigenvalue weighted by Gasteiger charge is 2.35. The highest BCUT2D eigenvalue weighted by Crippen LogP contribution is 2.30. The summed E-state index contributed by atoms with van der Waals surface area (Å²) in [6, 6.07) is 15.9. The van der Waals surface area contributed by atoms with Crippen molar-refractivity contribution in [1.82, 2.24) is 4.98 Å². The number of fused-ring (bicyclic) bond motifs is 2. The first-order valence-electron chi connectivity index (χ1n) is 10.1. The molecule has 1 fully saturated rings. The average molecular weight is 408 g/mol. The Hall–Kier alpha value is -2.77. The van der Waals surface area contributed by atoms with E-state index in [1.165, 1.54) is 9.60 Å². The molecule has 6 nitrogen and oxygen atoms in total. The normalized spacial score (nSPS) is 21.7. The molecule has 0 bridgehead atoms. The van der Waals surface area contributed by atoms with E-state index in [4.69, 9.17) is 4.98 Å². The fourth-order valence-electron chi connectivity index (χ4n) is 4.37. The maximum atomic E-state index is 13.2. The summed E-state index contributed by atoms with van der Waals surface area (Å²) in [5.74, 6) is -0.149. The number of para-hydroxylation sites is 3. The minimum atomic E-state index is -0.145. The summed E-state index contributed by atoms with van der Waals surface area (Å²) in [6.45, 7) is 1.41. The molecule has 1 saturated heterocycles. The van der Waals surface area contributed by atoms with Crippen LogP contribution >= 0.6 is 11.3 Å². The molecular formula is C22H23N4O2S+. The molecule has 2 amide bonds. The van der Waals surface area contributed by atoms with E-state index >= 15 is 0 Å². The number of likely N-dealkylation sites (tertiary alicyclic amines) is 1. The SMILES string of the molecule is O=C1CN(C(=O)C[NH+]2CCCC[C@@H]2c2nc3ccccc3s2)c2ccccc2N1. The molecule has 2 aliphatic rings. The van der Waals surface area contributed by atoms with Crippen LogP contribution in [0.15, 0.2) is 48.5 Å². The van der Waals surface area contributed by atoms with Gasteiger partial charge in [0, 0.05) is 6.42 Å². The van der Waals surface area contributed by atoms with Crippen LogP contribution in [0.25, 0.3) is 10.2 Å². The van der Waals surface area contributed by atoms with Crippen molar-refractivity contribution >= 4 is 44.7 Å². The highest BCUT2D eigenvalue weighted by atomic mass is 32.1. The predicted octanol–water partition coefficient (Wildman–Crippen LogP) is 2.39. The standard InChI is InChI=1S/C22H22N4O2S/c27-20-13-26(17-9-3-1-7-15(17)23-20)21(28)14-25-12-6-5-10-18(25)22-24-16-8-2-4-11-19(16)29-22/h1-4,7-9,11,18H,5-6,10,12-14H2,(H,23,27)/p+1/t18-/m1/s1. The molecule has 148 valence electrons.